The van der Waals surface area contributed by atoms with E-state index in [2.05, 4.69) is 11.6 Å². The molecule has 1 aromatic rings. The predicted octanol–water partition coefficient (Wildman–Crippen LogP) is 2.44. The van der Waals surface area contributed by atoms with Crippen molar-refractivity contribution in [2.45, 2.75) is 50.3 Å². The Balaban J connectivity index is 2.43. The van der Waals surface area contributed by atoms with Crippen LogP contribution in [-0.2, 0) is 16.4 Å². The van der Waals surface area contributed by atoms with Crippen LogP contribution >= 0.6 is 0 Å². The van der Waals surface area contributed by atoms with Gasteiger partial charge in [-0.1, -0.05) is 38.3 Å². The minimum atomic E-state index is -3.36. The van der Waals surface area contributed by atoms with Crippen LogP contribution in [0.4, 0.5) is 0 Å². The molecule has 0 fully saturated rings. The van der Waals surface area contributed by atoms with Crippen LogP contribution < -0.4 is 10.5 Å². The summed E-state index contributed by atoms with van der Waals surface area (Å²) in [6.45, 7) is 3.30. The maximum atomic E-state index is 12.1. The highest BCUT2D eigenvalue weighted by Crippen LogP contribution is 2.12. The van der Waals surface area contributed by atoms with Crippen molar-refractivity contribution in [2.75, 3.05) is 13.1 Å². The molecule has 1 rings (SSSR count). The summed E-state index contributed by atoms with van der Waals surface area (Å²) < 4.78 is 26.8. The molecule has 0 amide bonds. The van der Waals surface area contributed by atoms with Crippen molar-refractivity contribution in [3.8, 4) is 0 Å². The summed E-state index contributed by atoms with van der Waals surface area (Å²) in [6.07, 6.45) is 5.97. The summed E-state index contributed by atoms with van der Waals surface area (Å²) >= 11 is 0. The van der Waals surface area contributed by atoms with Gasteiger partial charge < -0.3 is 5.73 Å². The van der Waals surface area contributed by atoms with E-state index in [0.29, 0.717) is 18.0 Å². The molecule has 114 valence electrons. The van der Waals surface area contributed by atoms with Gasteiger partial charge in [-0.15, -0.1) is 0 Å². The van der Waals surface area contributed by atoms with Crippen LogP contribution in [0, 0.1) is 0 Å². The molecular formula is C15H26N2O2S. The van der Waals surface area contributed by atoms with E-state index in [9.17, 15) is 8.42 Å². The Kier molecular flexibility index (Phi) is 7.80. The van der Waals surface area contributed by atoms with Gasteiger partial charge in [-0.3, -0.25) is 0 Å². The average Bonchev–Trinajstić information content (AvgIpc) is 2.44. The molecule has 0 aromatic heterocycles. The Morgan fingerprint density at radius 3 is 2.30 bits per heavy atom. The van der Waals surface area contributed by atoms with Crippen LogP contribution in [0.2, 0.25) is 0 Å². The van der Waals surface area contributed by atoms with Gasteiger partial charge >= 0.3 is 0 Å². The molecule has 0 aliphatic heterocycles. The van der Waals surface area contributed by atoms with Gasteiger partial charge in [0.15, 0.2) is 0 Å². The zero-order chi connectivity index (χ0) is 14.8. The normalized spacial score (nSPS) is 11.7. The first-order valence-electron chi connectivity index (χ1n) is 7.39. The standard InChI is InChI=1S/C15H26N2O2S/c1-2-7-14-8-10-15(11-9-14)20(18,19)17-13-6-4-3-5-12-16/h8-11,17H,2-7,12-13,16H2,1H3. The maximum Gasteiger partial charge on any atom is 0.240 e. The predicted molar refractivity (Wildman–Crippen MR) is 83.1 cm³/mol. The van der Waals surface area contributed by atoms with E-state index in [1.54, 1.807) is 12.1 Å². The third-order valence-corrected chi connectivity index (χ3v) is 4.67. The van der Waals surface area contributed by atoms with Gasteiger partial charge in [0, 0.05) is 6.54 Å². The lowest BCUT2D eigenvalue weighted by Gasteiger charge is -2.07. The van der Waals surface area contributed by atoms with Crippen LogP contribution in [0.3, 0.4) is 0 Å². The third kappa shape index (κ3) is 6.03. The minimum Gasteiger partial charge on any atom is -0.330 e. The van der Waals surface area contributed by atoms with Crippen LogP contribution in [0.1, 0.15) is 44.6 Å². The quantitative estimate of drug-likeness (QED) is 0.652. The van der Waals surface area contributed by atoms with Gasteiger partial charge in [-0.2, -0.15) is 0 Å². The zero-order valence-corrected chi connectivity index (χ0v) is 13.1. The van der Waals surface area contributed by atoms with Crippen molar-refractivity contribution in [3.63, 3.8) is 0 Å². The molecule has 0 aliphatic carbocycles. The minimum absolute atomic E-state index is 0.347. The second-order valence-electron chi connectivity index (χ2n) is 4.99. The monoisotopic (exact) mass is 298 g/mol. The summed E-state index contributed by atoms with van der Waals surface area (Å²) in [5, 5.41) is 0. The number of hydrogen-bond donors (Lipinski definition) is 2. The Labute approximate surface area is 122 Å². The average molecular weight is 298 g/mol. The van der Waals surface area contributed by atoms with Gasteiger partial charge in [0.25, 0.3) is 0 Å². The summed E-state index contributed by atoms with van der Waals surface area (Å²) in [5.41, 5.74) is 6.58. The number of benzene rings is 1. The Morgan fingerprint density at radius 2 is 1.70 bits per heavy atom. The van der Waals surface area contributed by atoms with Gasteiger partial charge in [0.1, 0.15) is 0 Å². The van der Waals surface area contributed by atoms with E-state index in [0.717, 1.165) is 38.5 Å². The van der Waals surface area contributed by atoms with E-state index in [1.165, 1.54) is 5.56 Å². The number of rotatable bonds is 10. The molecule has 3 N–H and O–H groups in total. The van der Waals surface area contributed by atoms with E-state index in [4.69, 9.17) is 5.73 Å². The van der Waals surface area contributed by atoms with Gasteiger partial charge in [0.2, 0.25) is 10.0 Å². The number of nitrogens with one attached hydrogen (secondary N) is 1. The van der Waals surface area contributed by atoms with Crippen molar-refractivity contribution >= 4 is 10.0 Å². The lowest BCUT2D eigenvalue weighted by atomic mass is 10.1. The summed E-state index contributed by atoms with van der Waals surface area (Å²) in [5.74, 6) is 0. The van der Waals surface area contributed by atoms with Crippen molar-refractivity contribution in [1.29, 1.82) is 0 Å². The molecule has 0 saturated heterocycles. The number of hydrogen-bond acceptors (Lipinski definition) is 3. The van der Waals surface area contributed by atoms with Gasteiger partial charge in [-0.05, 0) is 43.5 Å². The molecule has 1 aromatic carbocycles. The summed E-state index contributed by atoms with van der Waals surface area (Å²) in [7, 11) is -3.36. The van der Waals surface area contributed by atoms with Crippen molar-refractivity contribution < 1.29 is 8.42 Å². The number of unbranched alkanes of at least 4 members (excludes halogenated alkanes) is 3. The first kappa shape index (κ1) is 17.1. The second kappa shape index (κ2) is 9.10. The molecule has 0 bridgehead atoms. The molecule has 0 heterocycles. The maximum absolute atomic E-state index is 12.1. The molecule has 20 heavy (non-hydrogen) atoms. The first-order valence-corrected chi connectivity index (χ1v) is 8.87. The molecular weight excluding hydrogens is 272 g/mol. The van der Waals surface area contributed by atoms with E-state index < -0.39 is 10.0 Å². The van der Waals surface area contributed by atoms with E-state index >= 15 is 0 Å². The number of nitrogens with two attached hydrogens (primary N) is 1. The third-order valence-electron chi connectivity index (χ3n) is 3.20. The topological polar surface area (TPSA) is 72.2 Å². The SMILES string of the molecule is CCCc1ccc(S(=O)(=O)NCCCCCCN)cc1. The van der Waals surface area contributed by atoms with Crippen LogP contribution in [0.15, 0.2) is 29.2 Å². The molecule has 4 nitrogen and oxygen atoms in total. The van der Waals surface area contributed by atoms with Gasteiger partial charge in [0.05, 0.1) is 4.90 Å². The highest BCUT2D eigenvalue weighted by molar-refractivity contribution is 7.89. The highest BCUT2D eigenvalue weighted by Gasteiger charge is 2.12. The molecule has 0 radical (unpaired) electrons. The number of sulfonamides is 1. The fourth-order valence-corrected chi connectivity index (χ4v) is 3.11. The van der Waals surface area contributed by atoms with Crippen molar-refractivity contribution in [1.82, 2.24) is 4.72 Å². The summed E-state index contributed by atoms with van der Waals surface area (Å²) in [4.78, 5) is 0.347. The van der Waals surface area contributed by atoms with Crippen LogP contribution in [0.5, 0.6) is 0 Å². The molecule has 0 aliphatic rings. The largest absolute Gasteiger partial charge is 0.330 e. The van der Waals surface area contributed by atoms with Crippen LogP contribution in [-0.4, -0.2) is 21.5 Å². The second-order valence-corrected chi connectivity index (χ2v) is 6.76. The molecule has 0 unspecified atom stereocenters. The smallest absolute Gasteiger partial charge is 0.240 e. The lowest BCUT2D eigenvalue weighted by molar-refractivity contribution is 0.572. The van der Waals surface area contributed by atoms with E-state index in [-0.39, 0.29) is 0 Å². The number of aryl methyl sites for hydroxylation is 1. The Morgan fingerprint density at radius 1 is 1.05 bits per heavy atom. The highest BCUT2D eigenvalue weighted by atomic mass is 32.2. The summed E-state index contributed by atoms with van der Waals surface area (Å²) in [6, 6.07) is 7.14. The Hall–Kier alpha value is -0.910. The first-order chi connectivity index (χ1) is 9.60. The fraction of sp³-hybridized carbons (Fsp3) is 0.600. The van der Waals surface area contributed by atoms with Crippen molar-refractivity contribution in [3.05, 3.63) is 29.8 Å². The van der Waals surface area contributed by atoms with Crippen LogP contribution in [0.25, 0.3) is 0 Å². The molecule has 0 spiro atoms. The fourth-order valence-electron chi connectivity index (χ4n) is 2.04. The zero-order valence-electron chi connectivity index (χ0n) is 12.3. The van der Waals surface area contributed by atoms with Crippen molar-refractivity contribution in [2.24, 2.45) is 5.73 Å². The molecule has 5 heteroatoms. The lowest BCUT2D eigenvalue weighted by Crippen LogP contribution is -2.24. The van der Waals surface area contributed by atoms with Gasteiger partial charge in [-0.25, -0.2) is 13.1 Å². The Bertz CT molecular complexity index is 469. The van der Waals surface area contributed by atoms with E-state index in [1.807, 2.05) is 12.1 Å². The molecule has 0 saturated carbocycles. The molecule has 0 atom stereocenters.